The molecule has 21 heavy (non-hydrogen) atoms. The smallest absolute Gasteiger partial charge is 0.264 e. The van der Waals surface area contributed by atoms with Crippen LogP contribution in [0.15, 0.2) is 41.8 Å². The predicted molar refractivity (Wildman–Crippen MR) is 85.5 cm³/mol. The van der Waals surface area contributed by atoms with Crippen molar-refractivity contribution in [3.8, 4) is 0 Å². The van der Waals surface area contributed by atoms with Crippen LogP contribution in [0.5, 0.6) is 0 Å². The molecule has 0 spiro atoms. The van der Waals surface area contributed by atoms with E-state index in [0.717, 1.165) is 28.3 Å². The van der Waals surface area contributed by atoms with Gasteiger partial charge in [0.05, 0.1) is 22.5 Å². The van der Waals surface area contributed by atoms with Gasteiger partial charge >= 0.3 is 0 Å². The van der Waals surface area contributed by atoms with Gasteiger partial charge in [-0.3, -0.25) is 4.79 Å². The maximum atomic E-state index is 12.3. The second-order valence-corrected chi connectivity index (χ2v) is 5.85. The van der Waals surface area contributed by atoms with E-state index in [-0.39, 0.29) is 5.91 Å². The fourth-order valence-electron chi connectivity index (χ4n) is 2.47. The molecule has 0 fully saturated rings. The molecule has 108 valence electrons. The molecule has 0 unspecified atom stereocenters. The van der Waals surface area contributed by atoms with Gasteiger partial charge in [0.2, 0.25) is 0 Å². The summed E-state index contributed by atoms with van der Waals surface area (Å²) in [6.07, 6.45) is 0. The molecular weight excluding hydrogens is 282 g/mol. The van der Waals surface area contributed by atoms with Crippen LogP contribution in [0, 0.1) is 0 Å². The molecule has 1 amide bonds. The lowest BCUT2D eigenvalue weighted by Crippen LogP contribution is -2.27. The summed E-state index contributed by atoms with van der Waals surface area (Å²) in [5, 5.41) is 1.92. The summed E-state index contributed by atoms with van der Waals surface area (Å²) >= 11 is 1.47. The third-order valence-electron chi connectivity index (χ3n) is 3.51. The van der Waals surface area contributed by atoms with Crippen LogP contribution in [0.25, 0.3) is 11.0 Å². The maximum Gasteiger partial charge on any atom is 0.264 e. The molecule has 5 heteroatoms. The van der Waals surface area contributed by atoms with Crippen LogP contribution in [-0.4, -0.2) is 27.4 Å². The largest absolute Gasteiger partial charge is 0.334 e. The van der Waals surface area contributed by atoms with Crippen molar-refractivity contribution < 1.29 is 4.79 Å². The van der Waals surface area contributed by atoms with Gasteiger partial charge < -0.3 is 9.47 Å². The number of nitrogens with zero attached hydrogens (tertiary/aromatic N) is 3. The summed E-state index contributed by atoms with van der Waals surface area (Å²) in [5.74, 6) is 0.964. The van der Waals surface area contributed by atoms with E-state index in [2.05, 4.69) is 22.5 Å². The third-order valence-corrected chi connectivity index (χ3v) is 4.36. The molecule has 0 bridgehead atoms. The van der Waals surface area contributed by atoms with Gasteiger partial charge in [0.1, 0.15) is 5.82 Å². The minimum absolute atomic E-state index is 0.0414. The molecule has 3 rings (SSSR count). The number of carbonyl (C=O) groups is 1. The van der Waals surface area contributed by atoms with Gasteiger partial charge in [0.15, 0.2) is 0 Å². The van der Waals surface area contributed by atoms with Crippen molar-refractivity contribution in [3.63, 3.8) is 0 Å². The zero-order valence-electron chi connectivity index (χ0n) is 12.1. The number of imidazole rings is 1. The van der Waals surface area contributed by atoms with Gasteiger partial charge in [0.25, 0.3) is 5.91 Å². The van der Waals surface area contributed by atoms with Gasteiger partial charge in [-0.1, -0.05) is 18.2 Å². The number of hydrogen-bond donors (Lipinski definition) is 0. The number of aryl methyl sites for hydroxylation is 1. The van der Waals surface area contributed by atoms with Crippen LogP contribution in [0.4, 0.5) is 0 Å². The van der Waals surface area contributed by atoms with Gasteiger partial charge in [0, 0.05) is 13.6 Å². The zero-order valence-corrected chi connectivity index (χ0v) is 12.9. The second kappa shape index (κ2) is 5.69. The fraction of sp³-hybridized carbons (Fsp3) is 0.250. The summed E-state index contributed by atoms with van der Waals surface area (Å²) in [4.78, 5) is 19.5. The predicted octanol–water partition coefficient (Wildman–Crippen LogP) is 3.39. The summed E-state index contributed by atoms with van der Waals surface area (Å²) in [6, 6.07) is 11.8. The first-order chi connectivity index (χ1) is 10.2. The van der Waals surface area contributed by atoms with E-state index in [1.807, 2.05) is 42.8 Å². The Balaban J connectivity index is 1.89. The normalized spacial score (nSPS) is 11.0. The highest BCUT2D eigenvalue weighted by Gasteiger charge is 2.16. The minimum Gasteiger partial charge on any atom is -0.334 e. The first kappa shape index (κ1) is 13.8. The van der Waals surface area contributed by atoms with Crippen LogP contribution >= 0.6 is 11.3 Å². The number of thiophene rings is 1. The van der Waals surface area contributed by atoms with Crippen molar-refractivity contribution in [1.29, 1.82) is 0 Å². The Bertz CT molecular complexity index is 761. The molecule has 2 heterocycles. The topological polar surface area (TPSA) is 38.1 Å². The van der Waals surface area contributed by atoms with Crippen molar-refractivity contribution in [3.05, 3.63) is 52.5 Å². The SMILES string of the molecule is CCn1c(CN(C)C(=O)c2cccs2)nc2ccccc21. The van der Waals surface area contributed by atoms with E-state index >= 15 is 0 Å². The molecule has 0 saturated heterocycles. The highest BCUT2D eigenvalue weighted by molar-refractivity contribution is 7.12. The molecule has 2 aromatic heterocycles. The van der Waals surface area contributed by atoms with E-state index in [1.54, 1.807) is 4.90 Å². The molecule has 0 aliphatic carbocycles. The first-order valence-electron chi connectivity index (χ1n) is 6.94. The summed E-state index contributed by atoms with van der Waals surface area (Å²) in [5.41, 5.74) is 2.10. The van der Waals surface area contributed by atoms with E-state index in [4.69, 9.17) is 0 Å². The van der Waals surface area contributed by atoms with E-state index in [0.29, 0.717) is 6.54 Å². The number of benzene rings is 1. The van der Waals surface area contributed by atoms with Crippen LogP contribution in [0.2, 0.25) is 0 Å². The Kier molecular flexibility index (Phi) is 3.75. The molecular formula is C16H17N3OS. The van der Waals surface area contributed by atoms with Crippen LogP contribution in [0.3, 0.4) is 0 Å². The third kappa shape index (κ3) is 2.56. The number of amides is 1. The number of aromatic nitrogens is 2. The quantitative estimate of drug-likeness (QED) is 0.740. The number of fused-ring (bicyclic) bond motifs is 1. The van der Waals surface area contributed by atoms with Gasteiger partial charge in [-0.2, -0.15) is 0 Å². The Morgan fingerprint density at radius 1 is 1.29 bits per heavy atom. The molecule has 0 saturated carbocycles. The number of para-hydroxylation sites is 2. The van der Waals surface area contributed by atoms with E-state index in [1.165, 1.54) is 11.3 Å². The monoisotopic (exact) mass is 299 g/mol. The Morgan fingerprint density at radius 2 is 2.10 bits per heavy atom. The molecule has 3 aromatic rings. The summed E-state index contributed by atoms with van der Waals surface area (Å²) < 4.78 is 2.16. The van der Waals surface area contributed by atoms with Crippen molar-refractivity contribution in [2.45, 2.75) is 20.0 Å². The molecule has 0 aliphatic heterocycles. The summed E-state index contributed by atoms with van der Waals surface area (Å²) in [7, 11) is 1.82. The van der Waals surface area contributed by atoms with Crippen LogP contribution in [-0.2, 0) is 13.1 Å². The van der Waals surface area contributed by atoms with Gasteiger partial charge in [-0.25, -0.2) is 4.98 Å². The highest BCUT2D eigenvalue weighted by Crippen LogP contribution is 2.18. The Morgan fingerprint density at radius 3 is 2.81 bits per heavy atom. The van der Waals surface area contributed by atoms with Crippen LogP contribution < -0.4 is 0 Å². The van der Waals surface area contributed by atoms with Crippen molar-refractivity contribution >= 4 is 28.3 Å². The number of carbonyl (C=O) groups excluding carboxylic acids is 1. The minimum atomic E-state index is 0.0414. The molecule has 0 radical (unpaired) electrons. The van der Waals surface area contributed by atoms with Gasteiger partial charge in [-0.05, 0) is 30.5 Å². The summed E-state index contributed by atoms with van der Waals surface area (Å²) in [6.45, 7) is 3.45. The van der Waals surface area contributed by atoms with E-state index in [9.17, 15) is 4.79 Å². The van der Waals surface area contributed by atoms with Crippen LogP contribution in [0.1, 0.15) is 22.4 Å². The van der Waals surface area contributed by atoms with Crippen molar-refractivity contribution in [1.82, 2.24) is 14.5 Å². The lowest BCUT2D eigenvalue weighted by molar-refractivity contribution is 0.0785. The fourth-order valence-corrected chi connectivity index (χ4v) is 3.19. The van der Waals surface area contributed by atoms with Crippen molar-refractivity contribution in [2.75, 3.05) is 7.05 Å². The Labute approximate surface area is 127 Å². The number of hydrogen-bond acceptors (Lipinski definition) is 3. The molecule has 1 aromatic carbocycles. The molecule has 0 aliphatic rings. The molecule has 0 N–H and O–H groups in total. The lowest BCUT2D eigenvalue weighted by Gasteiger charge is -2.16. The van der Waals surface area contributed by atoms with Gasteiger partial charge in [-0.15, -0.1) is 11.3 Å². The first-order valence-corrected chi connectivity index (χ1v) is 7.81. The standard InChI is InChI=1S/C16H17N3OS/c1-3-19-13-8-5-4-7-12(13)17-15(19)11-18(2)16(20)14-9-6-10-21-14/h4-10H,3,11H2,1-2H3. The van der Waals surface area contributed by atoms with Crippen molar-refractivity contribution in [2.24, 2.45) is 0 Å². The molecule has 4 nitrogen and oxygen atoms in total. The maximum absolute atomic E-state index is 12.3. The lowest BCUT2D eigenvalue weighted by atomic mass is 10.3. The zero-order chi connectivity index (χ0) is 14.8. The Hall–Kier alpha value is -2.14. The average Bonchev–Trinajstić information content (AvgIpc) is 3.13. The highest BCUT2D eigenvalue weighted by atomic mass is 32.1. The molecule has 0 atom stereocenters. The average molecular weight is 299 g/mol. The van der Waals surface area contributed by atoms with E-state index < -0.39 is 0 Å². The second-order valence-electron chi connectivity index (χ2n) is 4.90. The number of rotatable bonds is 4.